The van der Waals surface area contributed by atoms with Gasteiger partial charge in [-0.25, -0.2) is 0 Å². The summed E-state index contributed by atoms with van der Waals surface area (Å²) in [5.74, 6) is 4.12. The van der Waals surface area contributed by atoms with Crippen molar-refractivity contribution in [2.45, 2.75) is 38.3 Å². The van der Waals surface area contributed by atoms with Crippen LogP contribution in [0.15, 0.2) is 16.6 Å². The number of methoxy groups -OCH3 is 1. The number of rotatable bonds is 8. The second-order valence-electron chi connectivity index (χ2n) is 4.92. The van der Waals surface area contributed by atoms with E-state index in [1.807, 2.05) is 6.07 Å². The normalized spacial score (nSPS) is 13.8. The fraction of sp³-hybridized carbons (Fsp3) is 0.500. The first-order valence-corrected chi connectivity index (χ1v) is 7.70. The third kappa shape index (κ3) is 4.43. The Kier molecular flexibility index (Phi) is 5.75. The van der Waals surface area contributed by atoms with Gasteiger partial charge in [-0.15, -0.1) is 12.3 Å². The Morgan fingerprint density at radius 1 is 1.45 bits per heavy atom. The largest absolute Gasteiger partial charge is 0.493 e. The lowest BCUT2D eigenvalue weighted by Crippen LogP contribution is -2.15. The molecule has 1 aliphatic rings. The summed E-state index contributed by atoms with van der Waals surface area (Å²) in [7, 11) is 1.66. The van der Waals surface area contributed by atoms with Crippen LogP contribution in [-0.2, 0) is 6.54 Å². The van der Waals surface area contributed by atoms with Crippen molar-refractivity contribution in [3.05, 3.63) is 22.2 Å². The molecule has 20 heavy (non-hydrogen) atoms. The first kappa shape index (κ1) is 15.2. The van der Waals surface area contributed by atoms with Gasteiger partial charge in [0.1, 0.15) is 0 Å². The maximum atomic E-state index is 5.77. The maximum absolute atomic E-state index is 5.77. The van der Waals surface area contributed by atoms with Crippen molar-refractivity contribution < 1.29 is 9.47 Å². The average molecular weight is 338 g/mol. The molecule has 0 spiro atoms. The molecule has 0 radical (unpaired) electrons. The van der Waals surface area contributed by atoms with E-state index >= 15 is 0 Å². The number of halogens is 1. The van der Waals surface area contributed by atoms with Gasteiger partial charge in [-0.2, -0.15) is 0 Å². The van der Waals surface area contributed by atoms with Gasteiger partial charge in [0.25, 0.3) is 0 Å². The highest BCUT2D eigenvalue weighted by molar-refractivity contribution is 9.10. The minimum Gasteiger partial charge on any atom is -0.493 e. The quantitative estimate of drug-likeness (QED) is 0.581. The molecule has 0 amide bonds. The van der Waals surface area contributed by atoms with Crippen molar-refractivity contribution in [2.24, 2.45) is 0 Å². The Morgan fingerprint density at radius 3 is 2.90 bits per heavy atom. The van der Waals surface area contributed by atoms with Crippen LogP contribution in [0, 0.1) is 12.3 Å². The van der Waals surface area contributed by atoms with Gasteiger partial charge in [0, 0.05) is 19.0 Å². The summed E-state index contributed by atoms with van der Waals surface area (Å²) in [6.45, 7) is 1.45. The lowest BCUT2D eigenvalue weighted by atomic mass is 10.2. The molecule has 0 unspecified atom stereocenters. The lowest BCUT2D eigenvalue weighted by molar-refractivity contribution is 0.289. The molecule has 1 aliphatic carbocycles. The highest BCUT2D eigenvalue weighted by Crippen LogP contribution is 2.37. The third-order valence-corrected chi connectivity index (χ3v) is 3.76. The molecule has 4 heteroatoms. The molecule has 0 saturated heterocycles. The number of hydrogen-bond acceptors (Lipinski definition) is 3. The van der Waals surface area contributed by atoms with Gasteiger partial charge in [0.15, 0.2) is 11.5 Å². The zero-order valence-corrected chi connectivity index (χ0v) is 13.3. The monoisotopic (exact) mass is 337 g/mol. The minimum atomic E-state index is 0.596. The van der Waals surface area contributed by atoms with E-state index in [-0.39, 0.29) is 0 Å². The summed E-state index contributed by atoms with van der Waals surface area (Å²) in [6, 6.07) is 4.80. The fourth-order valence-electron chi connectivity index (χ4n) is 1.91. The van der Waals surface area contributed by atoms with E-state index in [9.17, 15) is 0 Å². The van der Waals surface area contributed by atoms with Crippen LogP contribution >= 0.6 is 15.9 Å². The second-order valence-corrected chi connectivity index (χ2v) is 5.77. The number of hydrogen-bond donors (Lipinski definition) is 1. The number of ether oxygens (including phenoxy) is 2. The maximum Gasteiger partial charge on any atom is 0.175 e. The molecule has 0 aliphatic heterocycles. The van der Waals surface area contributed by atoms with Crippen LogP contribution in [0.3, 0.4) is 0 Å². The molecule has 1 aromatic rings. The molecule has 3 nitrogen and oxygen atoms in total. The van der Waals surface area contributed by atoms with Crippen molar-refractivity contribution in [1.29, 1.82) is 0 Å². The van der Waals surface area contributed by atoms with Crippen LogP contribution in [-0.4, -0.2) is 19.8 Å². The van der Waals surface area contributed by atoms with Gasteiger partial charge in [-0.3, -0.25) is 0 Å². The lowest BCUT2D eigenvalue weighted by Gasteiger charge is -2.14. The van der Waals surface area contributed by atoms with E-state index in [1.54, 1.807) is 7.11 Å². The molecule has 1 N–H and O–H groups in total. The van der Waals surface area contributed by atoms with Gasteiger partial charge in [0.2, 0.25) is 0 Å². The summed E-state index contributed by atoms with van der Waals surface area (Å²) >= 11 is 3.56. The Balaban J connectivity index is 2.00. The first-order valence-electron chi connectivity index (χ1n) is 6.90. The predicted octanol–water partition coefficient (Wildman–Crippen LogP) is 3.50. The predicted molar refractivity (Wildman–Crippen MR) is 84.1 cm³/mol. The van der Waals surface area contributed by atoms with E-state index in [4.69, 9.17) is 15.9 Å². The molecule has 0 bridgehead atoms. The van der Waals surface area contributed by atoms with Gasteiger partial charge in [0.05, 0.1) is 18.2 Å². The van der Waals surface area contributed by atoms with E-state index in [0.717, 1.165) is 35.4 Å². The van der Waals surface area contributed by atoms with Crippen molar-refractivity contribution in [3.8, 4) is 23.8 Å². The molecule has 0 aromatic heterocycles. The SMILES string of the molecule is C#CCCCOc1c(Br)cc(CNC2CC2)cc1OC. The van der Waals surface area contributed by atoms with Gasteiger partial charge in [-0.1, -0.05) is 0 Å². The second kappa shape index (κ2) is 7.56. The smallest absolute Gasteiger partial charge is 0.175 e. The van der Waals surface area contributed by atoms with Gasteiger partial charge in [-0.05, 0) is 52.9 Å². The number of nitrogens with one attached hydrogen (secondary N) is 1. The standard InChI is InChI=1S/C16H20BrNO2/c1-3-4-5-8-20-16-14(17)9-12(10-15(16)19-2)11-18-13-6-7-13/h1,9-10,13,18H,4-8,11H2,2H3. The van der Waals surface area contributed by atoms with Crippen molar-refractivity contribution in [3.63, 3.8) is 0 Å². The van der Waals surface area contributed by atoms with Crippen LogP contribution in [0.4, 0.5) is 0 Å². The zero-order chi connectivity index (χ0) is 14.4. The zero-order valence-electron chi connectivity index (χ0n) is 11.7. The number of unbranched alkanes of at least 4 members (excludes halogenated alkanes) is 1. The summed E-state index contributed by atoms with van der Waals surface area (Å²) in [5.41, 5.74) is 1.19. The molecule has 1 fully saturated rings. The minimum absolute atomic E-state index is 0.596. The summed E-state index contributed by atoms with van der Waals surface area (Å²) < 4.78 is 12.1. The van der Waals surface area contributed by atoms with Crippen LogP contribution in [0.1, 0.15) is 31.2 Å². The number of benzene rings is 1. The van der Waals surface area contributed by atoms with Crippen LogP contribution in [0.2, 0.25) is 0 Å². The Bertz CT molecular complexity index is 492. The Labute approximate surface area is 129 Å². The molecule has 2 rings (SSSR count). The summed E-state index contributed by atoms with van der Waals surface area (Å²) in [6.07, 6.45) is 9.37. The molecule has 108 valence electrons. The summed E-state index contributed by atoms with van der Waals surface area (Å²) in [4.78, 5) is 0. The van der Waals surface area contributed by atoms with Crippen molar-refractivity contribution in [1.82, 2.24) is 5.32 Å². The summed E-state index contributed by atoms with van der Waals surface area (Å²) in [5, 5.41) is 3.49. The van der Waals surface area contributed by atoms with Crippen LogP contribution in [0.25, 0.3) is 0 Å². The Morgan fingerprint density at radius 2 is 2.25 bits per heavy atom. The van der Waals surface area contributed by atoms with Crippen molar-refractivity contribution in [2.75, 3.05) is 13.7 Å². The van der Waals surface area contributed by atoms with Crippen LogP contribution in [0.5, 0.6) is 11.5 Å². The number of terminal acetylenes is 1. The van der Waals surface area contributed by atoms with Gasteiger partial charge >= 0.3 is 0 Å². The average Bonchev–Trinajstić information content (AvgIpc) is 3.26. The fourth-order valence-corrected chi connectivity index (χ4v) is 2.52. The third-order valence-electron chi connectivity index (χ3n) is 3.17. The molecule has 0 heterocycles. The molecular weight excluding hydrogens is 318 g/mol. The van der Waals surface area contributed by atoms with E-state index in [0.29, 0.717) is 12.6 Å². The van der Waals surface area contributed by atoms with Crippen LogP contribution < -0.4 is 14.8 Å². The molecule has 1 aromatic carbocycles. The van der Waals surface area contributed by atoms with E-state index in [2.05, 4.69) is 33.2 Å². The molecule has 0 atom stereocenters. The highest BCUT2D eigenvalue weighted by atomic mass is 79.9. The van der Waals surface area contributed by atoms with Crippen molar-refractivity contribution >= 4 is 15.9 Å². The Hall–Kier alpha value is -1.18. The first-order chi connectivity index (χ1) is 9.74. The van der Waals surface area contributed by atoms with E-state index < -0.39 is 0 Å². The highest BCUT2D eigenvalue weighted by Gasteiger charge is 2.20. The molecular formula is C16H20BrNO2. The topological polar surface area (TPSA) is 30.5 Å². The van der Waals surface area contributed by atoms with E-state index in [1.165, 1.54) is 18.4 Å². The molecule has 1 saturated carbocycles. The van der Waals surface area contributed by atoms with Gasteiger partial charge < -0.3 is 14.8 Å².